The Balaban J connectivity index is 2.09. The van der Waals surface area contributed by atoms with Crippen LogP contribution in [0.2, 0.25) is 5.02 Å². The molecule has 0 spiro atoms. The highest BCUT2D eigenvalue weighted by atomic mass is 35.5. The van der Waals surface area contributed by atoms with Gasteiger partial charge in [0.15, 0.2) is 11.4 Å². The molecule has 20 heavy (non-hydrogen) atoms. The zero-order valence-electron chi connectivity index (χ0n) is 9.94. The number of hydrogen-bond donors (Lipinski definition) is 1. The summed E-state index contributed by atoms with van der Waals surface area (Å²) in [6.07, 6.45) is 0. The van der Waals surface area contributed by atoms with E-state index in [9.17, 15) is 14.0 Å². The maximum Gasteiger partial charge on any atom is 0.417 e. The summed E-state index contributed by atoms with van der Waals surface area (Å²) in [7, 11) is 0. The van der Waals surface area contributed by atoms with Gasteiger partial charge in [-0.3, -0.25) is 9.78 Å². The van der Waals surface area contributed by atoms with Crippen LogP contribution in [0.25, 0.3) is 11.1 Å². The number of aromatic nitrogens is 1. The Bertz CT molecular complexity index is 882. The van der Waals surface area contributed by atoms with Crippen molar-refractivity contribution in [1.82, 2.24) is 4.98 Å². The average molecular weight is 292 g/mol. The van der Waals surface area contributed by atoms with Crippen LogP contribution in [0.5, 0.6) is 0 Å². The molecule has 1 heterocycles. The lowest BCUT2D eigenvalue weighted by Gasteiger charge is -2.03. The summed E-state index contributed by atoms with van der Waals surface area (Å²) in [5.74, 6) is -1.48. The minimum Gasteiger partial charge on any atom is -0.408 e. The van der Waals surface area contributed by atoms with Crippen molar-refractivity contribution in [3.05, 3.63) is 68.9 Å². The third-order valence-corrected chi connectivity index (χ3v) is 3.17. The molecular formula is C14H7ClFNO3. The molecule has 0 amide bonds. The largest absolute Gasteiger partial charge is 0.417 e. The maximum absolute atomic E-state index is 13.0. The Kier molecular flexibility index (Phi) is 2.91. The first-order valence-corrected chi connectivity index (χ1v) is 6.05. The van der Waals surface area contributed by atoms with Gasteiger partial charge in [0, 0.05) is 11.1 Å². The molecule has 4 nitrogen and oxygen atoms in total. The first-order chi connectivity index (χ1) is 9.54. The van der Waals surface area contributed by atoms with Gasteiger partial charge in [0.05, 0.1) is 10.5 Å². The van der Waals surface area contributed by atoms with Gasteiger partial charge in [0.25, 0.3) is 0 Å². The van der Waals surface area contributed by atoms with E-state index in [-0.39, 0.29) is 22.0 Å². The number of aromatic amines is 1. The summed E-state index contributed by atoms with van der Waals surface area (Å²) in [5.41, 5.74) is 1.26. The van der Waals surface area contributed by atoms with Gasteiger partial charge in [-0.1, -0.05) is 11.6 Å². The van der Waals surface area contributed by atoms with Crippen molar-refractivity contribution in [3.8, 4) is 0 Å². The molecule has 0 unspecified atom stereocenters. The van der Waals surface area contributed by atoms with E-state index in [4.69, 9.17) is 16.0 Å². The molecule has 6 heteroatoms. The van der Waals surface area contributed by atoms with Crippen LogP contribution in [0.4, 0.5) is 4.39 Å². The number of benzene rings is 2. The topological polar surface area (TPSA) is 63.1 Å². The fourth-order valence-electron chi connectivity index (χ4n) is 1.92. The molecule has 100 valence electrons. The molecule has 0 aliphatic carbocycles. The average Bonchev–Trinajstić information content (AvgIpc) is 2.77. The van der Waals surface area contributed by atoms with Crippen molar-refractivity contribution in [3.63, 3.8) is 0 Å². The number of hydrogen-bond acceptors (Lipinski definition) is 3. The second-order valence-corrected chi connectivity index (χ2v) is 4.59. The van der Waals surface area contributed by atoms with E-state index in [1.807, 2.05) is 0 Å². The first-order valence-electron chi connectivity index (χ1n) is 5.67. The van der Waals surface area contributed by atoms with E-state index >= 15 is 0 Å². The van der Waals surface area contributed by atoms with Crippen molar-refractivity contribution in [2.45, 2.75) is 0 Å². The van der Waals surface area contributed by atoms with E-state index in [2.05, 4.69) is 4.98 Å². The summed E-state index contributed by atoms with van der Waals surface area (Å²) in [4.78, 5) is 25.8. The second kappa shape index (κ2) is 4.61. The Labute approximate surface area is 116 Å². The van der Waals surface area contributed by atoms with Gasteiger partial charge in [0.1, 0.15) is 5.82 Å². The minimum atomic E-state index is -0.593. The highest BCUT2D eigenvalue weighted by Crippen LogP contribution is 2.22. The van der Waals surface area contributed by atoms with Crippen LogP contribution in [0.1, 0.15) is 15.9 Å². The highest BCUT2D eigenvalue weighted by Gasteiger charge is 2.15. The third-order valence-electron chi connectivity index (χ3n) is 2.86. The van der Waals surface area contributed by atoms with E-state index < -0.39 is 11.6 Å². The second-order valence-electron chi connectivity index (χ2n) is 4.18. The smallest absolute Gasteiger partial charge is 0.408 e. The summed E-state index contributed by atoms with van der Waals surface area (Å²) < 4.78 is 17.9. The summed E-state index contributed by atoms with van der Waals surface area (Å²) in [6, 6.07) is 8.09. The van der Waals surface area contributed by atoms with Gasteiger partial charge < -0.3 is 4.42 Å². The van der Waals surface area contributed by atoms with Crippen molar-refractivity contribution in [2.75, 3.05) is 0 Å². The molecule has 0 bridgehead atoms. The number of ketones is 1. The molecule has 3 aromatic rings. The van der Waals surface area contributed by atoms with Crippen molar-refractivity contribution < 1.29 is 13.6 Å². The fourth-order valence-corrected chi connectivity index (χ4v) is 2.17. The predicted octanol–water partition coefficient (Wildman–Crippen LogP) is 3.14. The minimum absolute atomic E-state index is 0.0330. The van der Waals surface area contributed by atoms with Crippen LogP contribution in [0.3, 0.4) is 0 Å². The molecule has 0 radical (unpaired) electrons. The number of fused-ring (bicyclic) bond motifs is 1. The number of carbonyl (C=O) groups excluding carboxylic acids is 1. The monoisotopic (exact) mass is 291 g/mol. The molecule has 1 N–H and O–H groups in total. The molecule has 0 saturated carbocycles. The quantitative estimate of drug-likeness (QED) is 0.738. The summed E-state index contributed by atoms with van der Waals surface area (Å²) in [6.45, 7) is 0. The predicted molar refractivity (Wildman–Crippen MR) is 71.7 cm³/mol. The van der Waals surface area contributed by atoms with Gasteiger partial charge in [0.2, 0.25) is 0 Å². The lowest BCUT2D eigenvalue weighted by Crippen LogP contribution is -2.02. The molecule has 0 saturated heterocycles. The van der Waals surface area contributed by atoms with Crippen molar-refractivity contribution >= 4 is 28.5 Å². The van der Waals surface area contributed by atoms with E-state index in [1.165, 1.54) is 18.2 Å². The van der Waals surface area contributed by atoms with Crippen LogP contribution in [0.15, 0.2) is 45.6 Å². The van der Waals surface area contributed by atoms with Crippen LogP contribution in [0, 0.1) is 5.82 Å². The maximum atomic E-state index is 13.0. The Morgan fingerprint density at radius 1 is 1.20 bits per heavy atom. The summed E-state index contributed by atoms with van der Waals surface area (Å²) >= 11 is 5.86. The molecule has 0 fully saturated rings. The molecule has 0 atom stereocenters. The Morgan fingerprint density at radius 2 is 2.00 bits per heavy atom. The standard InChI is InChI=1S/C14H7ClFNO3/c15-10-6-8(16)2-3-9(10)13(18)7-1-4-11-12(5-7)20-14(19)17-11/h1-6H,(H,17,19). The molecule has 3 rings (SSSR count). The Morgan fingerprint density at radius 3 is 2.75 bits per heavy atom. The zero-order chi connectivity index (χ0) is 14.3. The number of carbonyl (C=O) groups is 1. The lowest BCUT2D eigenvalue weighted by molar-refractivity contribution is 0.103. The number of nitrogens with one attached hydrogen (secondary N) is 1. The number of oxazole rings is 1. The van der Waals surface area contributed by atoms with Gasteiger partial charge in [-0.05, 0) is 36.4 Å². The van der Waals surface area contributed by atoms with Crippen LogP contribution < -0.4 is 5.76 Å². The van der Waals surface area contributed by atoms with Crippen LogP contribution >= 0.6 is 11.6 Å². The zero-order valence-corrected chi connectivity index (χ0v) is 10.7. The van der Waals surface area contributed by atoms with Crippen LogP contribution in [-0.2, 0) is 0 Å². The molecule has 1 aromatic heterocycles. The van der Waals surface area contributed by atoms with E-state index in [1.54, 1.807) is 6.07 Å². The number of rotatable bonds is 2. The third kappa shape index (κ3) is 2.12. The van der Waals surface area contributed by atoms with E-state index in [0.717, 1.165) is 12.1 Å². The van der Waals surface area contributed by atoms with Crippen molar-refractivity contribution in [1.29, 1.82) is 0 Å². The normalized spacial score (nSPS) is 10.9. The van der Waals surface area contributed by atoms with E-state index in [0.29, 0.717) is 11.1 Å². The molecular weight excluding hydrogens is 285 g/mol. The molecule has 2 aromatic carbocycles. The lowest BCUT2D eigenvalue weighted by atomic mass is 10.0. The number of halogens is 2. The van der Waals surface area contributed by atoms with Gasteiger partial charge in [-0.15, -0.1) is 0 Å². The van der Waals surface area contributed by atoms with Crippen molar-refractivity contribution in [2.24, 2.45) is 0 Å². The molecule has 0 aliphatic rings. The molecule has 0 aliphatic heterocycles. The SMILES string of the molecule is O=C(c1ccc2[nH]c(=O)oc2c1)c1ccc(F)cc1Cl. The van der Waals surface area contributed by atoms with Crippen LogP contribution in [-0.4, -0.2) is 10.8 Å². The van der Waals surface area contributed by atoms with Gasteiger partial charge in [-0.25, -0.2) is 9.18 Å². The number of H-pyrrole nitrogens is 1. The first kappa shape index (κ1) is 12.6. The Hall–Kier alpha value is -2.40. The summed E-state index contributed by atoms with van der Waals surface area (Å²) in [5, 5.41) is 0.0330. The highest BCUT2D eigenvalue weighted by molar-refractivity contribution is 6.35. The van der Waals surface area contributed by atoms with Gasteiger partial charge in [-0.2, -0.15) is 0 Å². The van der Waals surface area contributed by atoms with Gasteiger partial charge >= 0.3 is 5.76 Å². The fraction of sp³-hybridized carbons (Fsp3) is 0.